The molecule has 1 aromatic heterocycles. The van der Waals surface area contributed by atoms with E-state index in [-0.39, 0.29) is 37.3 Å². The molecule has 12 heteroatoms. The van der Waals surface area contributed by atoms with Gasteiger partial charge in [0, 0.05) is 64.1 Å². The molecule has 0 aromatic carbocycles. The summed E-state index contributed by atoms with van der Waals surface area (Å²) in [5.41, 5.74) is 6.99. The molecule has 7 N–H and O–H groups in total. The molecule has 1 unspecified atom stereocenters. The van der Waals surface area contributed by atoms with Gasteiger partial charge in [-0.05, 0) is 109 Å². The number of carboxylic acids is 2. The second kappa shape index (κ2) is 13.1. The molecule has 5 heterocycles. The van der Waals surface area contributed by atoms with Crippen LogP contribution in [0.2, 0.25) is 0 Å². The number of aromatic amines is 1. The van der Waals surface area contributed by atoms with Gasteiger partial charge in [0.25, 0.3) is 0 Å². The Balaban J connectivity index is 1.79. The van der Waals surface area contributed by atoms with Crippen molar-refractivity contribution in [2.45, 2.75) is 84.5 Å². The van der Waals surface area contributed by atoms with Crippen molar-refractivity contribution in [2.24, 2.45) is 5.92 Å². The number of aliphatic hydroxyl groups is 1. The van der Waals surface area contributed by atoms with E-state index in [1.165, 1.54) is 0 Å². The zero-order chi connectivity index (χ0) is 33.7. The average Bonchev–Trinajstić information content (AvgIpc) is 3.61. The number of nitrogens with one attached hydrogen (secondary N) is 4. The van der Waals surface area contributed by atoms with Crippen molar-refractivity contribution >= 4 is 62.0 Å². The van der Waals surface area contributed by atoms with Crippen LogP contribution in [-0.4, -0.2) is 50.1 Å². The Morgan fingerprint density at radius 1 is 1.02 bits per heavy atom. The molecule has 0 aliphatic carbocycles. The number of hydrogen-bond donors (Lipinski definition) is 10. The van der Waals surface area contributed by atoms with Crippen LogP contribution in [0.1, 0.15) is 64.5 Å². The maximum absolute atomic E-state index is 12.3. The fourth-order valence-electron chi connectivity index (χ4n) is 7.29. The van der Waals surface area contributed by atoms with E-state index >= 15 is 0 Å². The van der Waals surface area contributed by atoms with Crippen molar-refractivity contribution in [3.63, 3.8) is 0 Å². The summed E-state index contributed by atoms with van der Waals surface area (Å²) in [5, 5.41) is 45.4. The van der Waals surface area contributed by atoms with E-state index in [1.807, 2.05) is 40.7 Å². The van der Waals surface area contributed by atoms with E-state index in [2.05, 4.69) is 45.7 Å². The van der Waals surface area contributed by atoms with Crippen LogP contribution in [0, 0.1) is 12.8 Å². The summed E-state index contributed by atoms with van der Waals surface area (Å²) in [5.74, 6) is -1.89. The molecule has 4 aliphatic rings. The van der Waals surface area contributed by atoms with Crippen molar-refractivity contribution in [1.82, 2.24) is 20.9 Å². The first-order valence-electron chi connectivity index (χ1n) is 15.3. The number of H-pyrrole nitrogens is 1. The zero-order valence-electron chi connectivity index (χ0n) is 26.6. The molecule has 8 bridgehead atoms. The van der Waals surface area contributed by atoms with Crippen LogP contribution in [0.25, 0.3) is 12.2 Å². The molecule has 0 amide bonds. The predicted octanol–water partition coefficient (Wildman–Crippen LogP) is 3.67. The summed E-state index contributed by atoms with van der Waals surface area (Å²) >= 11 is 14.0. The summed E-state index contributed by atoms with van der Waals surface area (Å²) in [4.78, 5) is 28.4. The highest BCUT2D eigenvalue weighted by atomic mass is 32.1. The van der Waals surface area contributed by atoms with E-state index in [1.54, 1.807) is 5.41 Å². The molecule has 1 aromatic rings. The fraction of sp³-hybridized carbons (Fsp3) is 0.412. The second-order valence-corrected chi connectivity index (χ2v) is 14.1. The molecule has 5 rings (SSSR count). The number of thiol groups is 3. The monoisotopic (exact) mass is 682 g/mol. The van der Waals surface area contributed by atoms with Gasteiger partial charge in [-0.3, -0.25) is 9.59 Å². The number of carbonyl (C=O) groups is 2. The van der Waals surface area contributed by atoms with Crippen molar-refractivity contribution in [2.75, 3.05) is 0 Å². The van der Waals surface area contributed by atoms with Gasteiger partial charge in [0.15, 0.2) is 5.72 Å². The maximum Gasteiger partial charge on any atom is 0.303 e. The molecule has 9 nitrogen and oxygen atoms in total. The lowest BCUT2D eigenvalue weighted by Gasteiger charge is -2.27. The first kappa shape index (κ1) is 34.2. The van der Waals surface area contributed by atoms with Gasteiger partial charge >= 0.3 is 11.9 Å². The zero-order valence-corrected chi connectivity index (χ0v) is 29.3. The Morgan fingerprint density at radius 2 is 1.72 bits per heavy atom. The van der Waals surface area contributed by atoms with Gasteiger partial charge < -0.3 is 36.3 Å². The molecular formula is C34H42N4O5S3. The van der Waals surface area contributed by atoms with Gasteiger partial charge in [-0.1, -0.05) is 0 Å². The van der Waals surface area contributed by atoms with Crippen LogP contribution in [-0.2, 0) is 16.0 Å². The number of carboxylic acid groups (broad SMARTS) is 2. The largest absolute Gasteiger partial charge is 0.481 e. The Morgan fingerprint density at radius 3 is 2.33 bits per heavy atom. The molecule has 4 atom stereocenters. The van der Waals surface area contributed by atoms with Crippen molar-refractivity contribution < 1.29 is 24.9 Å². The lowest BCUT2D eigenvalue weighted by Crippen LogP contribution is -2.42. The van der Waals surface area contributed by atoms with Gasteiger partial charge in [0.2, 0.25) is 0 Å². The molecular weight excluding hydrogens is 641 g/mol. The van der Waals surface area contributed by atoms with Gasteiger partial charge in [0.05, 0.1) is 12.1 Å². The quantitative estimate of drug-likeness (QED) is 0.205. The third-order valence-corrected chi connectivity index (χ3v) is 10.3. The van der Waals surface area contributed by atoms with Gasteiger partial charge in [-0.2, -0.15) is 12.6 Å². The second-order valence-electron chi connectivity index (χ2n) is 12.5. The van der Waals surface area contributed by atoms with E-state index < -0.39 is 17.7 Å². The van der Waals surface area contributed by atoms with Gasteiger partial charge in [-0.15, -0.1) is 25.3 Å². The maximum atomic E-state index is 12.3. The van der Waals surface area contributed by atoms with E-state index in [0.29, 0.717) is 34.6 Å². The number of allylic oxidation sites excluding steroid dienone is 4. The Bertz CT molecular complexity index is 1820. The number of rotatable bonds is 6. The first-order chi connectivity index (χ1) is 21.6. The average molecular weight is 683 g/mol. The minimum atomic E-state index is -1.50. The van der Waals surface area contributed by atoms with Crippen LogP contribution in [0.5, 0.6) is 0 Å². The standard InChI is InChI=1S/C34H42N4O5S3/c1-15-20(6-8-30(39)40)25-12-26-21(7-9-31(41)42)16(2)24(36-26)11-28-32(18(4)45)17(3)29(37-28)13-34(43)33(19(5)46)22(14-44)27(38-34)10-23(15)35-25/h10-12,14,20,25,28,35-38,43-46H,6-9,13H2,1-5H3,(H,39,40)(H,41,42)/b22-14+,24-11-,26-12-,27-10-,32-18-,33-19+/t20?,25-,28-,34-/m1/s1. The highest BCUT2D eigenvalue weighted by Crippen LogP contribution is 2.45. The topological polar surface area (TPSA) is 147 Å². The highest BCUT2D eigenvalue weighted by Gasteiger charge is 2.45. The Hall–Kier alpha value is -3.19. The summed E-state index contributed by atoms with van der Waals surface area (Å²) in [6.07, 6.45) is 7.03. The molecule has 46 heavy (non-hydrogen) atoms. The Labute approximate surface area is 285 Å². The summed E-state index contributed by atoms with van der Waals surface area (Å²) < 4.78 is 0. The normalized spacial score (nSPS) is 31.3. The smallest absolute Gasteiger partial charge is 0.303 e. The molecule has 1 fully saturated rings. The van der Waals surface area contributed by atoms with Crippen LogP contribution < -0.4 is 26.6 Å². The van der Waals surface area contributed by atoms with Gasteiger partial charge in [0.1, 0.15) is 0 Å². The number of aromatic nitrogens is 1. The first-order valence-corrected chi connectivity index (χ1v) is 16.7. The number of fused-ring (bicyclic) bond motifs is 8. The van der Waals surface area contributed by atoms with E-state index in [4.69, 9.17) is 25.3 Å². The van der Waals surface area contributed by atoms with Crippen LogP contribution in [0.4, 0.5) is 0 Å². The molecule has 0 saturated carbocycles. The lowest BCUT2D eigenvalue weighted by molar-refractivity contribution is -0.138. The third-order valence-electron chi connectivity index (χ3n) is 9.54. The van der Waals surface area contributed by atoms with Crippen LogP contribution >= 0.6 is 37.9 Å². The highest BCUT2D eigenvalue weighted by molar-refractivity contribution is 7.84. The SMILES string of the molecule is CC1=C2C[C@]3(O)NC(=C\C4=C(C)C(CCC(=O)O)[C@@H](/C=c5\[nH]/c(c(C)c5CCC(=O)O)=C\[C@@H](N2)/C1=C(/C)S)N4)/C(=C\S)C/3=C(/C)S. The van der Waals surface area contributed by atoms with E-state index in [0.717, 1.165) is 54.8 Å². The van der Waals surface area contributed by atoms with Crippen molar-refractivity contribution in [3.05, 3.63) is 88.1 Å². The predicted molar refractivity (Wildman–Crippen MR) is 191 cm³/mol. The van der Waals surface area contributed by atoms with E-state index in [9.17, 15) is 24.9 Å². The molecule has 0 spiro atoms. The Kier molecular flexibility index (Phi) is 9.75. The van der Waals surface area contributed by atoms with Crippen molar-refractivity contribution in [1.29, 1.82) is 0 Å². The molecule has 4 aliphatic heterocycles. The summed E-state index contributed by atoms with van der Waals surface area (Å²) in [6.45, 7) is 9.79. The molecule has 1 saturated heterocycles. The lowest BCUT2D eigenvalue weighted by atomic mass is 9.89. The minimum absolute atomic E-state index is 0.00192. The van der Waals surface area contributed by atoms with Crippen LogP contribution in [0.3, 0.4) is 0 Å². The summed E-state index contributed by atoms with van der Waals surface area (Å²) in [6, 6.07) is -0.528. The summed E-state index contributed by atoms with van der Waals surface area (Å²) in [7, 11) is 0. The van der Waals surface area contributed by atoms with Gasteiger partial charge in [-0.25, -0.2) is 0 Å². The molecule has 246 valence electrons. The van der Waals surface area contributed by atoms with Crippen molar-refractivity contribution in [3.8, 4) is 0 Å². The minimum Gasteiger partial charge on any atom is -0.481 e. The van der Waals surface area contributed by atoms with Crippen LogP contribution in [0.15, 0.2) is 66.3 Å². The fourth-order valence-corrected chi connectivity index (χ4v) is 8.17. The third kappa shape index (κ3) is 6.36. The number of hydrogen-bond acceptors (Lipinski definition) is 9. The molecule has 0 radical (unpaired) electrons. The number of aliphatic carboxylic acids is 2.